The highest BCUT2D eigenvalue weighted by molar-refractivity contribution is 5.49. The van der Waals surface area contributed by atoms with E-state index in [1.54, 1.807) is 0 Å². The second-order valence-electron chi connectivity index (χ2n) is 5.73. The zero-order valence-corrected chi connectivity index (χ0v) is 12.3. The summed E-state index contributed by atoms with van der Waals surface area (Å²) in [6.07, 6.45) is 4.45. The Kier molecular flexibility index (Phi) is 6.95. The number of carbonyl (C=O) groups excluding carboxylic acids is 1. The van der Waals surface area contributed by atoms with Gasteiger partial charge in [-0.3, -0.25) is 4.90 Å². The second kappa shape index (κ2) is 7.12. The smallest absolute Gasteiger partial charge is 0.120 e. The van der Waals surface area contributed by atoms with Gasteiger partial charge < -0.3 is 10.5 Å². The molecular formula is C14H30N2O. The normalized spacial score (nSPS) is 20.4. The summed E-state index contributed by atoms with van der Waals surface area (Å²) < 4.78 is 0. The molecular weight excluding hydrogens is 212 g/mol. The van der Waals surface area contributed by atoms with Crippen LogP contribution in [0.5, 0.6) is 0 Å². The highest BCUT2D eigenvalue weighted by Gasteiger charge is 2.33. The van der Waals surface area contributed by atoms with Crippen molar-refractivity contribution in [3.05, 3.63) is 0 Å². The number of hydrogen-bond acceptors (Lipinski definition) is 3. The molecule has 0 aromatic heterocycles. The molecule has 1 heterocycles. The first-order chi connectivity index (χ1) is 7.87. The molecule has 0 amide bonds. The van der Waals surface area contributed by atoms with Gasteiger partial charge in [0.15, 0.2) is 0 Å². The van der Waals surface area contributed by atoms with Crippen LogP contribution >= 0.6 is 0 Å². The maximum absolute atomic E-state index is 10.3. The molecule has 0 aromatic rings. The lowest BCUT2D eigenvalue weighted by atomic mass is 9.83. The average Bonchev–Trinajstić information content (AvgIpc) is 2.28. The first-order valence-electron chi connectivity index (χ1n) is 6.85. The highest BCUT2D eigenvalue weighted by Crippen LogP contribution is 2.27. The summed E-state index contributed by atoms with van der Waals surface area (Å²) in [5.41, 5.74) is 6.41. The molecule has 1 rings (SSSR count). The van der Waals surface area contributed by atoms with Crippen LogP contribution in [0.15, 0.2) is 0 Å². The van der Waals surface area contributed by atoms with Gasteiger partial charge in [-0.1, -0.05) is 13.8 Å². The van der Waals surface area contributed by atoms with Gasteiger partial charge in [-0.15, -0.1) is 0 Å². The van der Waals surface area contributed by atoms with E-state index in [4.69, 9.17) is 5.73 Å². The van der Waals surface area contributed by atoms with E-state index in [9.17, 15) is 4.79 Å². The molecule has 0 radical (unpaired) electrons. The Morgan fingerprint density at radius 1 is 1.24 bits per heavy atom. The predicted octanol–water partition coefficient (Wildman–Crippen LogP) is 2.58. The minimum absolute atomic E-state index is 0.0946. The topological polar surface area (TPSA) is 46.3 Å². The number of piperidine rings is 1. The molecule has 0 saturated carbocycles. The Morgan fingerprint density at radius 2 is 1.71 bits per heavy atom. The molecule has 0 aliphatic carbocycles. The lowest BCUT2D eigenvalue weighted by Crippen LogP contribution is -2.55. The molecule has 0 bridgehead atoms. The van der Waals surface area contributed by atoms with Crippen molar-refractivity contribution in [3.63, 3.8) is 0 Å². The Labute approximate surface area is 107 Å². The van der Waals surface area contributed by atoms with Crippen LogP contribution in [0.1, 0.15) is 60.3 Å². The summed E-state index contributed by atoms with van der Waals surface area (Å²) in [7, 11) is 0. The van der Waals surface area contributed by atoms with E-state index in [2.05, 4.69) is 25.7 Å². The molecule has 1 fully saturated rings. The van der Waals surface area contributed by atoms with Crippen molar-refractivity contribution in [1.29, 1.82) is 0 Å². The van der Waals surface area contributed by atoms with Gasteiger partial charge in [0.25, 0.3) is 0 Å². The summed E-state index contributed by atoms with van der Waals surface area (Å²) in [4.78, 5) is 12.8. The Balaban J connectivity index is 0.00000121. The number of likely N-dealkylation sites (tertiary alicyclic amines) is 1. The van der Waals surface area contributed by atoms with Gasteiger partial charge in [0.05, 0.1) is 0 Å². The van der Waals surface area contributed by atoms with Crippen LogP contribution in [0.2, 0.25) is 0 Å². The molecule has 0 atom stereocenters. The van der Waals surface area contributed by atoms with E-state index in [0.717, 1.165) is 38.6 Å². The molecule has 3 heteroatoms. The number of aldehydes is 1. The van der Waals surface area contributed by atoms with Gasteiger partial charge in [-0.05, 0) is 40.0 Å². The second-order valence-corrected chi connectivity index (χ2v) is 5.73. The van der Waals surface area contributed by atoms with Crippen LogP contribution in [-0.4, -0.2) is 35.4 Å². The average molecular weight is 242 g/mol. The zero-order valence-electron chi connectivity index (χ0n) is 12.3. The van der Waals surface area contributed by atoms with Crippen molar-refractivity contribution in [3.8, 4) is 0 Å². The van der Waals surface area contributed by atoms with Crippen LogP contribution in [0.3, 0.4) is 0 Å². The zero-order chi connectivity index (χ0) is 13.5. The van der Waals surface area contributed by atoms with E-state index in [1.165, 1.54) is 0 Å². The molecule has 1 saturated heterocycles. The fourth-order valence-electron chi connectivity index (χ4n) is 2.22. The van der Waals surface area contributed by atoms with Gasteiger partial charge >= 0.3 is 0 Å². The maximum Gasteiger partial charge on any atom is 0.120 e. The fourth-order valence-corrected chi connectivity index (χ4v) is 2.22. The van der Waals surface area contributed by atoms with Crippen molar-refractivity contribution in [2.24, 2.45) is 5.73 Å². The fraction of sp³-hybridized carbons (Fsp3) is 0.929. The Hall–Kier alpha value is -0.410. The van der Waals surface area contributed by atoms with E-state index in [1.807, 2.05) is 13.8 Å². The van der Waals surface area contributed by atoms with Crippen LogP contribution in [-0.2, 0) is 4.79 Å². The molecule has 102 valence electrons. The van der Waals surface area contributed by atoms with Crippen molar-refractivity contribution < 1.29 is 4.79 Å². The lowest BCUT2D eigenvalue weighted by Gasteiger charge is -2.45. The largest absolute Gasteiger partial charge is 0.325 e. The van der Waals surface area contributed by atoms with Crippen molar-refractivity contribution in [1.82, 2.24) is 4.90 Å². The summed E-state index contributed by atoms with van der Waals surface area (Å²) in [5.74, 6) is 0. The highest BCUT2D eigenvalue weighted by atomic mass is 16.1. The third kappa shape index (κ3) is 5.64. The van der Waals surface area contributed by atoms with E-state index in [0.29, 0.717) is 6.42 Å². The van der Waals surface area contributed by atoms with Crippen molar-refractivity contribution in [2.75, 3.05) is 13.1 Å². The monoisotopic (exact) mass is 242 g/mol. The van der Waals surface area contributed by atoms with Crippen LogP contribution in [0, 0.1) is 0 Å². The van der Waals surface area contributed by atoms with Gasteiger partial charge in [0.2, 0.25) is 0 Å². The van der Waals surface area contributed by atoms with Crippen molar-refractivity contribution in [2.45, 2.75) is 71.4 Å². The van der Waals surface area contributed by atoms with Gasteiger partial charge in [0.1, 0.15) is 6.29 Å². The molecule has 1 aliphatic heterocycles. The minimum atomic E-state index is -0.0946. The maximum atomic E-state index is 10.3. The third-order valence-electron chi connectivity index (χ3n) is 3.47. The van der Waals surface area contributed by atoms with Crippen molar-refractivity contribution >= 4 is 6.29 Å². The number of nitrogens with zero attached hydrogens (tertiary/aromatic N) is 1. The van der Waals surface area contributed by atoms with E-state index < -0.39 is 0 Å². The molecule has 0 unspecified atom stereocenters. The lowest BCUT2D eigenvalue weighted by molar-refractivity contribution is -0.108. The summed E-state index contributed by atoms with van der Waals surface area (Å²) in [6, 6.07) is 0. The Bertz CT molecular complexity index is 213. The molecule has 1 aliphatic rings. The van der Waals surface area contributed by atoms with Gasteiger partial charge in [0, 0.05) is 30.6 Å². The number of carbonyl (C=O) groups is 1. The van der Waals surface area contributed by atoms with Crippen LogP contribution < -0.4 is 5.73 Å². The number of nitrogens with two attached hydrogens (primary N) is 1. The molecule has 0 spiro atoms. The van der Waals surface area contributed by atoms with E-state index in [-0.39, 0.29) is 11.1 Å². The first kappa shape index (κ1) is 16.6. The first-order valence-corrected chi connectivity index (χ1v) is 6.85. The number of rotatable bonds is 3. The van der Waals surface area contributed by atoms with Gasteiger partial charge in [-0.25, -0.2) is 0 Å². The molecule has 2 N–H and O–H groups in total. The molecule has 0 aromatic carbocycles. The quantitative estimate of drug-likeness (QED) is 0.774. The summed E-state index contributed by atoms with van der Waals surface area (Å²) in [6.45, 7) is 12.8. The third-order valence-corrected chi connectivity index (χ3v) is 3.47. The summed E-state index contributed by atoms with van der Waals surface area (Å²) >= 11 is 0. The summed E-state index contributed by atoms with van der Waals surface area (Å²) in [5, 5.41) is 0. The van der Waals surface area contributed by atoms with E-state index >= 15 is 0 Å². The molecule has 17 heavy (non-hydrogen) atoms. The molecule has 3 nitrogen and oxygen atoms in total. The standard InChI is InChI=1S/C12H24N2O.C2H6/c1-11(2,3)14-8-6-12(13,7-9-14)5-4-10-15;1-2/h10H,4-9,13H2,1-3H3;1-2H3. The number of hydrogen-bond donors (Lipinski definition) is 1. The van der Waals surface area contributed by atoms with Crippen LogP contribution in [0.25, 0.3) is 0 Å². The predicted molar refractivity (Wildman–Crippen MR) is 74.1 cm³/mol. The van der Waals surface area contributed by atoms with Gasteiger partial charge in [-0.2, -0.15) is 0 Å². The minimum Gasteiger partial charge on any atom is -0.325 e. The SMILES string of the molecule is CC.CC(C)(C)N1CCC(N)(CCC=O)CC1. The Morgan fingerprint density at radius 3 is 2.06 bits per heavy atom. The van der Waals surface area contributed by atoms with Crippen LogP contribution in [0.4, 0.5) is 0 Å².